The molecule has 35 heavy (non-hydrogen) atoms. The first-order valence-corrected chi connectivity index (χ1v) is 12.0. The Labute approximate surface area is 210 Å². The van der Waals surface area contributed by atoms with Crippen molar-refractivity contribution < 1.29 is 23.9 Å². The number of hydrogen-bond acceptors (Lipinski definition) is 6. The summed E-state index contributed by atoms with van der Waals surface area (Å²) in [6.07, 6.45) is 2.93. The normalized spacial score (nSPS) is 10.1. The average Bonchev–Trinajstić information content (AvgIpc) is 2.85. The summed E-state index contributed by atoms with van der Waals surface area (Å²) < 4.78 is 11.1. The summed E-state index contributed by atoms with van der Waals surface area (Å²) in [6.45, 7) is 5.07. The van der Waals surface area contributed by atoms with Gasteiger partial charge < -0.3 is 14.8 Å². The summed E-state index contributed by atoms with van der Waals surface area (Å²) in [5, 5.41) is 5.13. The van der Waals surface area contributed by atoms with E-state index in [1.165, 1.54) is 0 Å². The van der Waals surface area contributed by atoms with Gasteiger partial charge in [-0.05, 0) is 62.0 Å². The summed E-state index contributed by atoms with van der Waals surface area (Å²) in [5.41, 5.74) is 5.78. The van der Waals surface area contributed by atoms with Crippen LogP contribution in [0.25, 0.3) is 0 Å². The summed E-state index contributed by atoms with van der Waals surface area (Å²) in [5.74, 6) is -0.0510. The van der Waals surface area contributed by atoms with Gasteiger partial charge >= 0.3 is 0 Å². The summed E-state index contributed by atoms with van der Waals surface area (Å²) in [6, 6.07) is 13.8. The zero-order valence-electron chi connectivity index (χ0n) is 20.0. The molecular weight excluding hydrogens is 468 g/mol. The highest BCUT2D eigenvalue weighted by molar-refractivity contribution is 7.80. The minimum absolute atomic E-state index is 0.0252. The first-order valence-electron chi connectivity index (χ1n) is 11.6. The standard InChI is InChI=1S/C25H32N4O5S/c1-3-5-8-17-34-21-10-7-6-9-20(21)24(32)27-25(35)29-28-23(31)16-15-22(30)26-18-11-13-19(14-12-18)33-4-2/h6-7,9-14H,3-5,8,15-17H2,1-2H3,(H,26,30)(H,28,31)(H2,27,29,32,35). The Morgan fingerprint density at radius 2 is 1.57 bits per heavy atom. The van der Waals surface area contributed by atoms with Crippen LogP contribution >= 0.6 is 12.2 Å². The lowest BCUT2D eigenvalue weighted by Gasteiger charge is -2.13. The predicted octanol–water partition coefficient (Wildman–Crippen LogP) is 3.71. The number of rotatable bonds is 12. The molecule has 0 spiro atoms. The van der Waals surface area contributed by atoms with Gasteiger partial charge in [-0.1, -0.05) is 31.9 Å². The molecule has 0 unspecified atom stereocenters. The van der Waals surface area contributed by atoms with Gasteiger partial charge in [0.25, 0.3) is 5.91 Å². The molecule has 188 valence electrons. The Morgan fingerprint density at radius 3 is 2.29 bits per heavy atom. The molecule has 9 nitrogen and oxygen atoms in total. The van der Waals surface area contributed by atoms with Gasteiger partial charge in [0.2, 0.25) is 11.8 Å². The average molecular weight is 501 g/mol. The van der Waals surface area contributed by atoms with Crippen molar-refractivity contribution in [3.05, 3.63) is 54.1 Å². The second-order valence-corrected chi connectivity index (χ2v) is 7.92. The first-order chi connectivity index (χ1) is 16.9. The van der Waals surface area contributed by atoms with Crippen LogP contribution in [-0.2, 0) is 9.59 Å². The third-order valence-electron chi connectivity index (χ3n) is 4.71. The fourth-order valence-corrected chi connectivity index (χ4v) is 3.10. The van der Waals surface area contributed by atoms with E-state index in [2.05, 4.69) is 28.4 Å². The Bertz CT molecular complexity index is 998. The molecule has 2 aromatic carbocycles. The summed E-state index contributed by atoms with van der Waals surface area (Å²) in [4.78, 5) is 36.7. The van der Waals surface area contributed by atoms with Crippen molar-refractivity contribution in [3.63, 3.8) is 0 Å². The molecule has 4 N–H and O–H groups in total. The maximum Gasteiger partial charge on any atom is 0.261 e. The minimum Gasteiger partial charge on any atom is -0.494 e. The monoisotopic (exact) mass is 500 g/mol. The summed E-state index contributed by atoms with van der Waals surface area (Å²) in [7, 11) is 0. The third-order valence-corrected chi connectivity index (χ3v) is 4.91. The molecule has 0 bridgehead atoms. The van der Waals surface area contributed by atoms with Crippen molar-refractivity contribution in [1.82, 2.24) is 16.2 Å². The quantitative estimate of drug-likeness (QED) is 0.199. The lowest BCUT2D eigenvalue weighted by atomic mass is 10.2. The number of hydrogen-bond donors (Lipinski definition) is 4. The van der Waals surface area contributed by atoms with E-state index in [1.807, 2.05) is 6.92 Å². The molecule has 0 radical (unpaired) electrons. The van der Waals surface area contributed by atoms with E-state index in [0.717, 1.165) is 19.3 Å². The molecule has 0 aliphatic carbocycles. The van der Waals surface area contributed by atoms with Crippen molar-refractivity contribution in [2.75, 3.05) is 18.5 Å². The summed E-state index contributed by atoms with van der Waals surface area (Å²) >= 11 is 5.08. The number of carbonyl (C=O) groups is 3. The highest BCUT2D eigenvalue weighted by atomic mass is 32.1. The van der Waals surface area contributed by atoms with Gasteiger partial charge in [0.05, 0.1) is 18.8 Å². The van der Waals surface area contributed by atoms with E-state index < -0.39 is 11.8 Å². The molecule has 0 aromatic heterocycles. The SMILES string of the molecule is CCCCCOc1ccccc1C(=O)NC(=S)NNC(=O)CCC(=O)Nc1ccc(OCC)cc1. The number of hydrazine groups is 1. The van der Waals surface area contributed by atoms with Crippen LogP contribution in [0.15, 0.2) is 48.5 Å². The largest absolute Gasteiger partial charge is 0.494 e. The number of nitrogens with one attached hydrogen (secondary N) is 4. The van der Waals surface area contributed by atoms with E-state index in [-0.39, 0.29) is 23.9 Å². The van der Waals surface area contributed by atoms with Crippen LogP contribution in [-0.4, -0.2) is 36.0 Å². The molecule has 2 aromatic rings. The second kappa shape index (κ2) is 15.3. The molecule has 0 aliphatic heterocycles. The minimum atomic E-state index is -0.461. The molecule has 2 rings (SSSR count). The number of benzene rings is 2. The fourth-order valence-electron chi connectivity index (χ4n) is 2.96. The van der Waals surface area contributed by atoms with Crippen LogP contribution in [0, 0.1) is 0 Å². The maximum absolute atomic E-state index is 12.6. The topological polar surface area (TPSA) is 118 Å². The van der Waals surface area contributed by atoms with Gasteiger partial charge in [-0.25, -0.2) is 0 Å². The van der Waals surface area contributed by atoms with Crippen molar-refractivity contribution >= 4 is 40.7 Å². The zero-order valence-corrected chi connectivity index (χ0v) is 20.8. The number of unbranched alkanes of at least 4 members (excludes halogenated alkanes) is 2. The van der Waals surface area contributed by atoms with E-state index in [9.17, 15) is 14.4 Å². The molecule has 0 aliphatic rings. The smallest absolute Gasteiger partial charge is 0.261 e. The second-order valence-electron chi connectivity index (χ2n) is 7.51. The van der Waals surface area contributed by atoms with Crippen molar-refractivity contribution in [3.8, 4) is 11.5 Å². The number of amides is 3. The van der Waals surface area contributed by atoms with E-state index in [4.69, 9.17) is 21.7 Å². The molecule has 0 fully saturated rings. The third kappa shape index (κ3) is 10.4. The van der Waals surface area contributed by atoms with Crippen LogP contribution < -0.4 is 31.0 Å². The van der Waals surface area contributed by atoms with Gasteiger partial charge in [0.1, 0.15) is 11.5 Å². The van der Waals surface area contributed by atoms with Crippen LogP contribution in [0.4, 0.5) is 5.69 Å². The van der Waals surface area contributed by atoms with Crippen LogP contribution in [0.2, 0.25) is 0 Å². The lowest BCUT2D eigenvalue weighted by Crippen LogP contribution is -2.48. The van der Waals surface area contributed by atoms with Gasteiger partial charge in [-0.15, -0.1) is 0 Å². The molecule has 10 heteroatoms. The van der Waals surface area contributed by atoms with Gasteiger partial charge in [-0.3, -0.25) is 30.6 Å². The molecule has 3 amide bonds. The fraction of sp³-hybridized carbons (Fsp3) is 0.360. The predicted molar refractivity (Wildman–Crippen MR) is 138 cm³/mol. The van der Waals surface area contributed by atoms with Crippen LogP contribution in [0.5, 0.6) is 11.5 Å². The number of carbonyl (C=O) groups excluding carboxylic acids is 3. The van der Waals surface area contributed by atoms with Gasteiger partial charge in [-0.2, -0.15) is 0 Å². The first kappa shape index (κ1) is 27.6. The highest BCUT2D eigenvalue weighted by Gasteiger charge is 2.14. The Hall–Kier alpha value is -3.66. The van der Waals surface area contributed by atoms with Crippen molar-refractivity contribution in [1.29, 1.82) is 0 Å². The van der Waals surface area contributed by atoms with Crippen molar-refractivity contribution in [2.24, 2.45) is 0 Å². The number of para-hydroxylation sites is 1. The van der Waals surface area contributed by atoms with Gasteiger partial charge in [0.15, 0.2) is 5.11 Å². The zero-order chi connectivity index (χ0) is 25.5. The Balaban J connectivity index is 1.71. The molecular formula is C25H32N4O5S. The van der Waals surface area contributed by atoms with E-state index in [0.29, 0.717) is 36.0 Å². The van der Waals surface area contributed by atoms with Crippen molar-refractivity contribution in [2.45, 2.75) is 46.0 Å². The number of thiocarbonyl (C=S) groups is 1. The molecule has 0 saturated heterocycles. The molecule has 0 heterocycles. The van der Waals surface area contributed by atoms with Crippen LogP contribution in [0.3, 0.4) is 0 Å². The molecule has 0 saturated carbocycles. The molecule has 0 atom stereocenters. The number of ether oxygens (including phenoxy) is 2. The Kier molecular flexibility index (Phi) is 12.0. The van der Waals surface area contributed by atoms with E-state index in [1.54, 1.807) is 48.5 Å². The number of anilines is 1. The van der Waals surface area contributed by atoms with E-state index >= 15 is 0 Å². The Morgan fingerprint density at radius 1 is 0.857 bits per heavy atom. The van der Waals surface area contributed by atoms with Gasteiger partial charge in [0, 0.05) is 18.5 Å². The maximum atomic E-state index is 12.6. The van der Waals surface area contributed by atoms with Crippen LogP contribution in [0.1, 0.15) is 56.3 Å². The lowest BCUT2D eigenvalue weighted by molar-refractivity contribution is -0.124. The highest BCUT2D eigenvalue weighted by Crippen LogP contribution is 2.18.